The highest BCUT2D eigenvalue weighted by molar-refractivity contribution is 6.34. The number of rotatable bonds is 6. The number of nitrogens with zero attached hydrogens (tertiary/aromatic N) is 2. The number of benzene rings is 9. The first kappa shape index (κ1) is 35.4. The molecule has 11 aromatic rings. The van der Waals surface area contributed by atoms with Gasteiger partial charge >= 0.3 is 0 Å². The molecule has 0 bridgehead atoms. The molecule has 0 fully saturated rings. The van der Waals surface area contributed by atoms with E-state index in [1.165, 1.54) is 43.8 Å². The first-order valence-electron chi connectivity index (χ1n) is 19.3. The normalized spacial score (nSPS) is 11.9. The quantitative estimate of drug-likeness (QED) is 0.148. The monoisotopic (exact) mass is 824 g/mol. The lowest BCUT2D eigenvalue weighted by atomic mass is 9.86. The Morgan fingerprint density at radius 1 is 0.293 bits per heavy atom. The lowest BCUT2D eigenvalue weighted by Gasteiger charge is -2.18. The average Bonchev–Trinajstić information content (AvgIpc) is 3.73. The molecule has 58 heavy (non-hydrogen) atoms. The van der Waals surface area contributed by atoms with Crippen molar-refractivity contribution in [3.63, 3.8) is 0 Å². The highest BCUT2D eigenvalue weighted by Gasteiger charge is 2.18. The van der Waals surface area contributed by atoms with Gasteiger partial charge in [-0.25, -0.2) is 0 Å². The van der Waals surface area contributed by atoms with E-state index in [9.17, 15) is 0 Å². The van der Waals surface area contributed by atoms with Gasteiger partial charge in [0.2, 0.25) is 0 Å². The number of fused-ring (bicyclic) bond motifs is 8. The Hall–Kier alpha value is -5.74. The maximum Gasteiger partial charge on any atom is 0.0542 e. The van der Waals surface area contributed by atoms with Crippen LogP contribution in [0.2, 0.25) is 20.1 Å². The standard InChI is InChI=1S/C52H32Cl4N2/c53-33-13-21-49-45(27-33)46-28-34(54)14-22-50(46)57(49)37-17-9-31(10-18-37)25-43-39-5-1-2-6-40(39)44(42-8-4-3-7-41(42)43)26-32-11-19-38(20-12-32)58-51-23-15-35(55)29-47(51)48-30-36(56)16-24-52(48)58/h1-24,27-30H,25-26H2. The Balaban J connectivity index is 0.961. The van der Waals surface area contributed by atoms with Crippen molar-refractivity contribution in [3.05, 3.63) is 212 Å². The fourth-order valence-corrected chi connectivity index (χ4v) is 9.80. The molecule has 0 unspecified atom stereocenters. The Kier molecular flexibility index (Phi) is 8.54. The first-order chi connectivity index (χ1) is 28.4. The van der Waals surface area contributed by atoms with Gasteiger partial charge in [-0.15, -0.1) is 0 Å². The smallest absolute Gasteiger partial charge is 0.0542 e. The van der Waals surface area contributed by atoms with Crippen LogP contribution in [0.15, 0.2) is 170 Å². The molecule has 2 heterocycles. The highest BCUT2D eigenvalue weighted by atomic mass is 35.5. The van der Waals surface area contributed by atoms with E-state index < -0.39 is 0 Å². The molecule has 0 N–H and O–H groups in total. The van der Waals surface area contributed by atoms with Crippen molar-refractivity contribution in [1.29, 1.82) is 0 Å². The van der Waals surface area contributed by atoms with E-state index in [0.717, 1.165) is 67.8 Å². The number of hydrogen-bond acceptors (Lipinski definition) is 0. The Bertz CT molecular complexity index is 3030. The molecular formula is C52H32Cl4N2. The van der Waals surface area contributed by atoms with E-state index >= 15 is 0 Å². The third kappa shape index (κ3) is 5.86. The largest absolute Gasteiger partial charge is 0.309 e. The van der Waals surface area contributed by atoms with Gasteiger partial charge in [0.15, 0.2) is 0 Å². The predicted molar refractivity (Wildman–Crippen MR) is 249 cm³/mol. The highest BCUT2D eigenvalue weighted by Crippen LogP contribution is 2.39. The topological polar surface area (TPSA) is 9.86 Å². The summed E-state index contributed by atoms with van der Waals surface area (Å²) in [5.74, 6) is 0. The average molecular weight is 827 g/mol. The molecule has 0 radical (unpaired) electrons. The molecule has 2 nitrogen and oxygen atoms in total. The van der Waals surface area contributed by atoms with Gasteiger partial charge in [-0.3, -0.25) is 0 Å². The Labute approximate surface area is 355 Å². The van der Waals surface area contributed by atoms with E-state index in [1.54, 1.807) is 0 Å². The molecule has 278 valence electrons. The van der Waals surface area contributed by atoms with Crippen LogP contribution in [0.25, 0.3) is 76.5 Å². The van der Waals surface area contributed by atoms with Crippen LogP contribution in [-0.4, -0.2) is 9.13 Å². The van der Waals surface area contributed by atoms with Crippen LogP contribution in [0, 0.1) is 0 Å². The Morgan fingerprint density at radius 3 is 0.845 bits per heavy atom. The van der Waals surface area contributed by atoms with Crippen LogP contribution in [-0.2, 0) is 12.8 Å². The van der Waals surface area contributed by atoms with Crippen molar-refractivity contribution in [1.82, 2.24) is 9.13 Å². The second kappa shape index (κ2) is 14.0. The zero-order valence-corrected chi connectivity index (χ0v) is 34.0. The molecule has 6 heteroatoms. The van der Waals surface area contributed by atoms with Crippen molar-refractivity contribution < 1.29 is 0 Å². The van der Waals surface area contributed by atoms with Gasteiger partial charge in [0.05, 0.1) is 22.1 Å². The molecule has 0 aliphatic heterocycles. The maximum absolute atomic E-state index is 6.46. The van der Waals surface area contributed by atoms with Crippen LogP contribution in [0.1, 0.15) is 22.3 Å². The van der Waals surface area contributed by atoms with Crippen molar-refractivity contribution in [2.75, 3.05) is 0 Å². The second-order valence-electron chi connectivity index (χ2n) is 15.1. The minimum absolute atomic E-state index is 0.707. The molecule has 2 aromatic heterocycles. The molecular weight excluding hydrogens is 794 g/mol. The van der Waals surface area contributed by atoms with Gasteiger partial charge in [-0.2, -0.15) is 0 Å². The van der Waals surface area contributed by atoms with Gasteiger partial charge in [-0.05, 0) is 154 Å². The fraction of sp³-hybridized carbons (Fsp3) is 0.0385. The molecule has 0 spiro atoms. The second-order valence-corrected chi connectivity index (χ2v) is 16.8. The third-order valence-electron chi connectivity index (χ3n) is 11.7. The van der Waals surface area contributed by atoms with E-state index in [0.29, 0.717) is 20.1 Å². The van der Waals surface area contributed by atoms with Crippen LogP contribution < -0.4 is 0 Å². The summed E-state index contributed by atoms with van der Waals surface area (Å²) >= 11 is 25.8. The van der Waals surface area contributed by atoms with E-state index in [2.05, 4.69) is 130 Å². The van der Waals surface area contributed by atoms with Crippen molar-refractivity contribution in [2.45, 2.75) is 12.8 Å². The number of aromatic nitrogens is 2. The van der Waals surface area contributed by atoms with Gasteiger partial charge < -0.3 is 9.13 Å². The summed E-state index contributed by atoms with van der Waals surface area (Å²) in [4.78, 5) is 0. The number of hydrogen-bond donors (Lipinski definition) is 0. The summed E-state index contributed by atoms with van der Waals surface area (Å²) in [5.41, 5.74) is 11.8. The van der Waals surface area contributed by atoms with Crippen molar-refractivity contribution in [3.8, 4) is 11.4 Å². The van der Waals surface area contributed by atoms with Crippen LogP contribution in [0.4, 0.5) is 0 Å². The van der Waals surface area contributed by atoms with Crippen LogP contribution in [0.3, 0.4) is 0 Å². The zero-order chi connectivity index (χ0) is 39.1. The molecule has 0 aliphatic carbocycles. The Morgan fingerprint density at radius 2 is 0.569 bits per heavy atom. The van der Waals surface area contributed by atoms with Crippen molar-refractivity contribution in [2.24, 2.45) is 0 Å². The summed E-state index contributed by atoms with van der Waals surface area (Å²) in [6.45, 7) is 0. The fourth-order valence-electron chi connectivity index (χ4n) is 9.12. The predicted octanol–water partition coefficient (Wildman–Crippen LogP) is 16.0. The summed E-state index contributed by atoms with van der Waals surface area (Å²) < 4.78 is 4.59. The zero-order valence-electron chi connectivity index (χ0n) is 31.0. The summed E-state index contributed by atoms with van der Waals surface area (Å²) in [5, 5.41) is 12.3. The molecule has 0 aliphatic rings. The lowest BCUT2D eigenvalue weighted by molar-refractivity contribution is 1.15. The van der Waals surface area contributed by atoms with Gasteiger partial charge in [-0.1, -0.05) is 119 Å². The summed E-state index contributed by atoms with van der Waals surface area (Å²) in [7, 11) is 0. The molecule has 0 atom stereocenters. The minimum Gasteiger partial charge on any atom is -0.309 e. The van der Waals surface area contributed by atoms with E-state index in [-0.39, 0.29) is 0 Å². The first-order valence-corrected chi connectivity index (χ1v) is 20.8. The van der Waals surface area contributed by atoms with Crippen LogP contribution >= 0.6 is 46.4 Å². The van der Waals surface area contributed by atoms with E-state index in [4.69, 9.17) is 46.4 Å². The third-order valence-corrected chi connectivity index (χ3v) is 12.6. The van der Waals surface area contributed by atoms with Gasteiger partial charge in [0.25, 0.3) is 0 Å². The molecule has 0 saturated heterocycles. The molecule has 0 amide bonds. The lowest BCUT2D eigenvalue weighted by Crippen LogP contribution is -2.00. The van der Waals surface area contributed by atoms with E-state index in [1.807, 2.05) is 48.5 Å². The molecule has 11 rings (SSSR count). The van der Waals surface area contributed by atoms with Gasteiger partial charge in [0.1, 0.15) is 0 Å². The molecule has 0 saturated carbocycles. The SMILES string of the molecule is Clc1ccc2c(c1)c1cc(Cl)ccc1n2-c1ccc(Cc2c3ccccc3c(Cc3ccc(-n4c5ccc(Cl)cc5c5cc(Cl)ccc54)cc3)c3ccccc23)cc1. The summed E-state index contributed by atoms with van der Waals surface area (Å²) in [6, 6.07) is 60.0. The van der Waals surface area contributed by atoms with Gasteiger partial charge in [0, 0.05) is 53.0 Å². The van der Waals surface area contributed by atoms with Crippen molar-refractivity contribution >= 4 is 112 Å². The number of halogens is 4. The van der Waals surface area contributed by atoms with Crippen LogP contribution in [0.5, 0.6) is 0 Å². The summed E-state index contributed by atoms with van der Waals surface area (Å²) in [6.07, 6.45) is 1.62. The molecule has 9 aromatic carbocycles. The minimum atomic E-state index is 0.707. The maximum atomic E-state index is 6.46.